The number of amidine groups is 1. The minimum Gasteiger partial charge on any atom is -0.459 e. The van der Waals surface area contributed by atoms with E-state index in [1.165, 1.54) is 0 Å². The van der Waals surface area contributed by atoms with Gasteiger partial charge in [0.1, 0.15) is 18.2 Å². The van der Waals surface area contributed by atoms with Crippen molar-refractivity contribution >= 4 is 6.02 Å². The summed E-state index contributed by atoms with van der Waals surface area (Å²) < 4.78 is 19.2. The molecule has 0 saturated heterocycles. The van der Waals surface area contributed by atoms with Gasteiger partial charge in [0.25, 0.3) is 6.02 Å². The zero-order chi connectivity index (χ0) is 22.7. The molecule has 1 fully saturated rings. The van der Waals surface area contributed by atoms with Crippen molar-refractivity contribution in [3.63, 3.8) is 0 Å². The summed E-state index contributed by atoms with van der Waals surface area (Å²) in [6.07, 6.45) is -0.165. The summed E-state index contributed by atoms with van der Waals surface area (Å²) >= 11 is 0. The van der Waals surface area contributed by atoms with Crippen molar-refractivity contribution in [2.24, 2.45) is 10.9 Å². The Morgan fingerprint density at radius 2 is 1.47 bits per heavy atom. The lowest BCUT2D eigenvalue weighted by Crippen LogP contribution is -2.58. The van der Waals surface area contributed by atoms with Gasteiger partial charge in [-0.25, -0.2) is 4.99 Å². The largest absolute Gasteiger partial charge is 0.459 e. The molecule has 172 valence electrons. The highest BCUT2D eigenvalue weighted by Gasteiger charge is 2.54. The zero-order valence-corrected chi connectivity index (χ0v) is 19.3. The van der Waals surface area contributed by atoms with Crippen molar-refractivity contribution < 1.29 is 19.3 Å². The highest BCUT2D eigenvalue weighted by Crippen LogP contribution is 2.41. The van der Waals surface area contributed by atoms with E-state index in [-0.39, 0.29) is 30.3 Å². The second-order valence-electron chi connectivity index (χ2n) is 9.47. The summed E-state index contributed by atoms with van der Waals surface area (Å²) in [6.45, 7) is 4.58. The van der Waals surface area contributed by atoms with Gasteiger partial charge in [0, 0.05) is 20.0 Å². The molecule has 1 heterocycles. The number of aliphatic hydroxyl groups is 1. The number of aliphatic imine (C=N–C) groups is 1. The molecule has 2 aromatic carbocycles. The third-order valence-corrected chi connectivity index (χ3v) is 6.30. The van der Waals surface area contributed by atoms with E-state index in [4.69, 9.17) is 19.2 Å². The predicted octanol–water partition coefficient (Wildman–Crippen LogP) is 3.63. The molecule has 32 heavy (non-hydrogen) atoms. The van der Waals surface area contributed by atoms with Crippen molar-refractivity contribution in [1.29, 1.82) is 0 Å². The molecule has 1 aliphatic heterocycles. The van der Waals surface area contributed by atoms with Crippen LogP contribution >= 0.6 is 0 Å². The Hall–Kier alpha value is -2.41. The first-order valence-electron chi connectivity index (χ1n) is 11.3. The van der Waals surface area contributed by atoms with Crippen molar-refractivity contribution in [3.8, 4) is 0 Å². The molecule has 2 aliphatic rings. The lowest BCUT2D eigenvalue weighted by Gasteiger charge is -2.46. The van der Waals surface area contributed by atoms with E-state index in [0.29, 0.717) is 25.7 Å². The fourth-order valence-electron chi connectivity index (χ4n) is 4.58. The van der Waals surface area contributed by atoms with Crippen LogP contribution in [-0.2, 0) is 27.4 Å². The van der Waals surface area contributed by atoms with Crippen LogP contribution in [0.5, 0.6) is 0 Å². The zero-order valence-electron chi connectivity index (χ0n) is 19.3. The molecular weight excluding hydrogens is 404 g/mol. The molecular formula is C26H34N2O4. The maximum absolute atomic E-state index is 11.1. The second-order valence-corrected chi connectivity index (χ2v) is 9.47. The standard InChI is InChI=1S/C26H34N2O4/c1-26(2,29)20-15-21-22(27-25(32-21)28(3)4)24(31-17-19-13-9-6-10-14-19)23(20)30-16-18-11-7-5-8-12-18/h5-14,20-24,29H,15-17H2,1-4H3/t20-,21-,22+,23+,24+/m0/s1. The van der Waals surface area contributed by atoms with Crippen LogP contribution in [0, 0.1) is 5.92 Å². The maximum atomic E-state index is 11.1. The Morgan fingerprint density at radius 3 is 1.97 bits per heavy atom. The molecule has 0 aromatic heterocycles. The normalized spacial score (nSPS) is 27.4. The van der Waals surface area contributed by atoms with Crippen LogP contribution in [0.1, 0.15) is 31.4 Å². The molecule has 1 saturated carbocycles. The Kier molecular flexibility index (Phi) is 6.84. The lowest BCUT2D eigenvalue weighted by atomic mass is 9.72. The smallest absolute Gasteiger partial charge is 0.287 e. The van der Waals surface area contributed by atoms with Gasteiger partial charge in [0.15, 0.2) is 0 Å². The number of nitrogens with zero attached hydrogens (tertiary/aromatic N) is 2. The van der Waals surface area contributed by atoms with Gasteiger partial charge in [-0.2, -0.15) is 0 Å². The molecule has 0 radical (unpaired) electrons. The molecule has 1 N–H and O–H groups in total. The highest BCUT2D eigenvalue weighted by molar-refractivity contribution is 5.75. The van der Waals surface area contributed by atoms with Crippen molar-refractivity contribution in [3.05, 3.63) is 71.8 Å². The Balaban J connectivity index is 1.62. The van der Waals surface area contributed by atoms with Crippen molar-refractivity contribution in [2.45, 2.75) is 63.4 Å². The highest BCUT2D eigenvalue weighted by atomic mass is 16.6. The van der Waals surface area contributed by atoms with Crippen LogP contribution in [0.2, 0.25) is 0 Å². The third kappa shape index (κ3) is 5.14. The van der Waals surface area contributed by atoms with E-state index in [0.717, 1.165) is 11.1 Å². The molecule has 1 aliphatic carbocycles. The number of hydrogen-bond acceptors (Lipinski definition) is 6. The Labute approximate surface area is 190 Å². The molecule has 0 amide bonds. The fourth-order valence-corrected chi connectivity index (χ4v) is 4.58. The Bertz CT molecular complexity index is 895. The summed E-state index contributed by atoms with van der Waals surface area (Å²) in [4.78, 5) is 6.74. The monoisotopic (exact) mass is 438 g/mol. The molecule has 4 rings (SSSR count). The SMILES string of the molecule is CN(C)C1=N[C@H]2[C@@H](OCc3ccccc3)[C@H](OCc3ccccc3)[C@@H](C(C)(C)O)C[C@@H]2O1. The first-order chi connectivity index (χ1) is 15.3. The molecule has 2 aromatic rings. The number of hydrogen-bond donors (Lipinski definition) is 1. The summed E-state index contributed by atoms with van der Waals surface area (Å²) in [7, 11) is 3.85. The van der Waals surface area contributed by atoms with Gasteiger partial charge >= 0.3 is 0 Å². The minimum atomic E-state index is -0.953. The molecule has 0 bridgehead atoms. The van der Waals surface area contributed by atoms with Gasteiger partial charge in [-0.3, -0.25) is 0 Å². The van der Waals surface area contributed by atoms with Crippen LogP contribution in [0.15, 0.2) is 65.7 Å². The van der Waals surface area contributed by atoms with E-state index < -0.39 is 5.60 Å². The number of rotatable bonds is 7. The Morgan fingerprint density at radius 1 is 0.938 bits per heavy atom. The fraction of sp³-hybridized carbons (Fsp3) is 0.500. The number of fused-ring (bicyclic) bond motifs is 1. The molecule has 6 heteroatoms. The van der Waals surface area contributed by atoms with E-state index in [1.54, 1.807) is 0 Å². The van der Waals surface area contributed by atoms with E-state index >= 15 is 0 Å². The minimum absolute atomic E-state index is 0.152. The van der Waals surface area contributed by atoms with Crippen LogP contribution in [0.25, 0.3) is 0 Å². The van der Waals surface area contributed by atoms with Gasteiger partial charge < -0.3 is 24.2 Å². The van der Waals surface area contributed by atoms with Crippen LogP contribution in [-0.4, -0.2) is 60.1 Å². The van der Waals surface area contributed by atoms with Crippen molar-refractivity contribution in [1.82, 2.24) is 4.90 Å². The number of ether oxygens (including phenoxy) is 3. The van der Waals surface area contributed by atoms with E-state index in [1.807, 2.05) is 93.5 Å². The predicted molar refractivity (Wildman–Crippen MR) is 124 cm³/mol. The maximum Gasteiger partial charge on any atom is 0.287 e. The van der Waals surface area contributed by atoms with Crippen molar-refractivity contribution in [2.75, 3.05) is 14.1 Å². The summed E-state index contributed by atoms with van der Waals surface area (Å²) in [5, 5.41) is 11.1. The second kappa shape index (κ2) is 9.61. The topological polar surface area (TPSA) is 63.5 Å². The van der Waals surface area contributed by atoms with Gasteiger partial charge in [0.05, 0.1) is 24.9 Å². The average molecular weight is 439 g/mol. The molecule has 0 unspecified atom stereocenters. The number of benzene rings is 2. The van der Waals surface area contributed by atoms with Gasteiger partial charge in [-0.05, 0) is 31.4 Å². The first kappa shape index (κ1) is 22.8. The van der Waals surface area contributed by atoms with Crippen LogP contribution < -0.4 is 0 Å². The quantitative estimate of drug-likeness (QED) is 0.715. The molecule has 0 spiro atoms. The van der Waals surface area contributed by atoms with E-state index in [9.17, 15) is 5.11 Å². The third-order valence-electron chi connectivity index (χ3n) is 6.30. The summed E-state index contributed by atoms with van der Waals surface area (Å²) in [5.74, 6) is -0.162. The summed E-state index contributed by atoms with van der Waals surface area (Å²) in [6, 6.07) is 20.6. The lowest BCUT2D eigenvalue weighted by molar-refractivity contribution is -0.186. The summed E-state index contributed by atoms with van der Waals surface area (Å²) in [5.41, 5.74) is 1.23. The van der Waals surface area contributed by atoms with Crippen LogP contribution in [0.3, 0.4) is 0 Å². The molecule has 5 atom stereocenters. The van der Waals surface area contributed by atoms with Crippen LogP contribution in [0.4, 0.5) is 0 Å². The average Bonchev–Trinajstić information content (AvgIpc) is 3.21. The van der Waals surface area contributed by atoms with Gasteiger partial charge in [-0.1, -0.05) is 60.7 Å². The van der Waals surface area contributed by atoms with E-state index in [2.05, 4.69) is 0 Å². The van der Waals surface area contributed by atoms with Gasteiger partial charge in [-0.15, -0.1) is 0 Å². The van der Waals surface area contributed by atoms with Gasteiger partial charge in [0.2, 0.25) is 0 Å². The first-order valence-corrected chi connectivity index (χ1v) is 11.3. The molecule has 6 nitrogen and oxygen atoms in total.